The van der Waals surface area contributed by atoms with E-state index in [1.165, 1.54) is 11.8 Å². The first-order valence-corrected chi connectivity index (χ1v) is 10.5. The number of rotatable bonds is 7. The molecule has 1 aromatic heterocycles. The van der Waals surface area contributed by atoms with Gasteiger partial charge in [0.15, 0.2) is 5.16 Å². The molecule has 1 aromatic carbocycles. The van der Waals surface area contributed by atoms with Gasteiger partial charge in [-0.3, -0.25) is 10.1 Å². The minimum atomic E-state index is -0.573. The van der Waals surface area contributed by atoms with Crippen LogP contribution >= 0.6 is 11.8 Å². The summed E-state index contributed by atoms with van der Waals surface area (Å²) in [6.45, 7) is 5.50. The zero-order valence-corrected chi connectivity index (χ0v) is 17.7. The van der Waals surface area contributed by atoms with Crippen LogP contribution in [0.2, 0.25) is 0 Å². The number of imide groups is 1. The summed E-state index contributed by atoms with van der Waals surface area (Å²) in [5.74, 6) is 0.396. The lowest BCUT2D eigenvalue weighted by Gasteiger charge is -2.14. The van der Waals surface area contributed by atoms with Crippen LogP contribution in [0.5, 0.6) is 5.75 Å². The van der Waals surface area contributed by atoms with Crippen molar-refractivity contribution < 1.29 is 19.1 Å². The maximum atomic E-state index is 12.2. The van der Waals surface area contributed by atoms with Gasteiger partial charge in [-0.15, -0.1) is 0 Å². The van der Waals surface area contributed by atoms with Gasteiger partial charge in [0.1, 0.15) is 5.75 Å². The molecule has 1 fully saturated rings. The van der Waals surface area contributed by atoms with Gasteiger partial charge in [0.25, 0.3) is 0 Å². The van der Waals surface area contributed by atoms with E-state index in [2.05, 4.69) is 20.2 Å². The number of benzene rings is 1. The molecule has 8 nitrogen and oxygen atoms in total. The molecule has 2 N–H and O–H groups in total. The number of thioether (sulfide) groups is 1. The normalized spacial score (nSPS) is 15.9. The lowest BCUT2D eigenvalue weighted by atomic mass is 10.2. The second kappa shape index (κ2) is 9.80. The summed E-state index contributed by atoms with van der Waals surface area (Å²) < 4.78 is 12.9. The monoisotopic (exact) mass is 418 g/mol. The van der Waals surface area contributed by atoms with Crippen LogP contribution in [0.1, 0.15) is 24.2 Å². The van der Waals surface area contributed by atoms with Crippen molar-refractivity contribution in [3.05, 3.63) is 35.7 Å². The highest BCUT2D eigenvalue weighted by atomic mass is 32.2. The smallest absolute Gasteiger partial charge is 0.325 e. The Morgan fingerprint density at radius 3 is 2.72 bits per heavy atom. The van der Waals surface area contributed by atoms with E-state index in [0.717, 1.165) is 42.5 Å². The SMILES string of the molecule is COc1ccc(NC(=O)NC(=O)CSc2nc(C)c(C)n2CC2CCCO2)cc1. The fourth-order valence-corrected chi connectivity index (χ4v) is 3.97. The lowest BCUT2D eigenvalue weighted by molar-refractivity contribution is -0.117. The minimum Gasteiger partial charge on any atom is -0.497 e. The summed E-state index contributed by atoms with van der Waals surface area (Å²) in [6, 6.07) is 6.28. The standard InChI is InChI=1S/C20H26N4O4S/c1-13-14(2)24(11-17-5-4-10-28-17)20(21-13)29-12-18(25)23-19(26)22-15-6-8-16(27-3)9-7-15/h6-9,17H,4-5,10-12H2,1-3H3,(H2,22,23,25,26). The number of amides is 3. The van der Waals surface area contributed by atoms with Gasteiger partial charge in [0, 0.05) is 18.0 Å². The number of imidazole rings is 1. The predicted octanol–water partition coefficient (Wildman–Crippen LogP) is 3.13. The average molecular weight is 419 g/mol. The van der Waals surface area contributed by atoms with Crippen LogP contribution in [-0.4, -0.2) is 47.1 Å². The van der Waals surface area contributed by atoms with Crippen molar-refractivity contribution in [2.24, 2.45) is 0 Å². The highest BCUT2D eigenvalue weighted by molar-refractivity contribution is 7.99. The number of carbonyl (C=O) groups excluding carboxylic acids is 2. The quantitative estimate of drug-likeness (QED) is 0.671. The van der Waals surface area contributed by atoms with Crippen molar-refractivity contribution in [1.29, 1.82) is 0 Å². The number of ether oxygens (including phenoxy) is 2. The van der Waals surface area contributed by atoms with Gasteiger partial charge in [-0.1, -0.05) is 11.8 Å². The van der Waals surface area contributed by atoms with Gasteiger partial charge < -0.3 is 19.4 Å². The molecule has 1 saturated heterocycles. The van der Waals surface area contributed by atoms with E-state index in [1.54, 1.807) is 31.4 Å². The lowest BCUT2D eigenvalue weighted by Crippen LogP contribution is -2.35. The third kappa shape index (κ3) is 5.74. The summed E-state index contributed by atoms with van der Waals surface area (Å²) in [6.07, 6.45) is 2.30. The summed E-state index contributed by atoms with van der Waals surface area (Å²) in [7, 11) is 1.57. The van der Waals surface area contributed by atoms with E-state index in [0.29, 0.717) is 11.4 Å². The number of aromatic nitrogens is 2. The van der Waals surface area contributed by atoms with Crippen molar-refractivity contribution in [1.82, 2.24) is 14.9 Å². The van der Waals surface area contributed by atoms with Crippen molar-refractivity contribution >= 4 is 29.4 Å². The van der Waals surface area contributed by atoms with Crippen molar-refractivity contribution in [3.63, 3.8) is 0 Å². The Bertz CT molecular complexity index is 860. The first-order valence-electron chi connectivity index (χ1n) is 9.49. The van der Waals surface area contributed by atoms with Gasteiger partial charge in [-0.25, -0.2) is 9.78 Å². The molecule has 1 aliphatic rings. The number of urea groups is 1. The molecular weight excluding hydrogens is 392 g/mol. The highest BCUT2D eigenvalue weighted by Crippen LogP contribution is 2.24. The second-order valence-electron chi connectivity index (χ2n) is 6.83. The van der Waals surface area contributed by atoms with Crippen LogP contribution in [0.4, 0.5) is 10.5 Å². The third-order valence-electron chi connectivity index (χ3n) is 4.77. The molecule has 1 aliphatic heterocycles. The van der Waals surface area contributed by atoms with Crippen molar-refractivity contribution in [2.75, 3.05) is 24.8 Å². The maximum Gasteiger partial charge on any atom is 0.325 e. The van der Waals surface area contributed by atoms with Crippen LogP contribution < -0.4 is 15.4 Å². The molecule has 29 heavy (non-hydrogen) atoms. The largest absolute Gasteiger partial charge is 0.497 e. The maximum absolute atomic E-state index is 12.2. The Morgan fingerprint density at radius 2 is 2.07 bits per heavy atom. The zero-order chi connectivity index (χ0) is 20.8. The van der Waals surface area contributed by atoms with Crippen LogP contribution in [0.3, 0.4) is 0 Å². The van der Waals surface area contributed by atoms with Gasteiger partial charge in [-0.2, -0.15) is 0 Å². The highest BCUT2D eigenvalue weighted by Gasteiger charge is 2.21. The molecule has 3 amide bonds. The Hall–Kier alpha value is -2.52. The zero-order valence-electron chi connectivity index (χ0n) is 16.9. The summed E-state index contributed by atoms with van der Waals surface area (Å²) in [5.41, 5.74) is 2.57. The summed E-state index contributed by atoms with van der Waals surface area (Å²) in [4.78, 5) is 28.8. The average Bonchev–Trinajstić information content (AvgIpc) is 3.31. The van der Waals surface area contributed by atoms with Crippen LogP contribution in [0.25, 0.3) is 0 Å². The number of hydrogen-bond acceptors (Lipinski definition) is 6. The Morgan fingerprint density at radius 1 is 1.31 bits per heavy atom. The topological polar surface area (TPSA) is 94.5 Å². The molecule has 9 heteroatoms. The number of aryl methyl sites for hydroxylation is 1. The Labute approximate surface area is 174 Å². The predicted molar refractivity (Wildman–Crippen MR) is 112 cm³/mol. The molecule has 156 valence electrons. The molecular formula is C20H26N4O4S. The molecule has 1 unspecified atom stereocenters. The van der Waals surface area contributed by atoms with Gasteiger partial charge in [0.05, 0.1) is 31.2 Å². The molecule has 0 saturated carbocycles. The molecule has 2 aromatic rings. The molecule has 3 rings (SSSR count). The summed E-state index contributed by atoms with van der Waals surface area (Å²) in [5, 5.41) is 5.73. The number of nitrogens with zero attached hydrogens (tertiary/aromatic N) is 2. The minimum absolute atomic E-state index is 0.0947. The number of hydrogen-bond donors (Lipinski definition) is 2. The van der Waals surface area contributed by atoms with E-state index >= 15 is 0 Å². The first kappa shape index (κ1) is 21.2. The van der Waals surface area contributed by atoms with E-state index < -0.39 is 6.03 Å². The number of carbonyl (C=O) groups is 2. The fourth-order valence-electron chi connectivity index (χ4n) is 3.07. The second-order valence-corrected chi connectivity index (χ2v) is 7.77. The number of anilines is 1. The summed E-state index contributed by atoms with van der Waals surface area (Å²) >= 11 is 1.31. The Balaban J connectivity index is 1.52. The molecule has 0 radical (unpaired) electrons. The van der Waals surface area contributed by atoms with E-state index in [4.69, 9.17) is 9.47 Å². The third-order valence-corrected chi connectivity index (χ3v) is 5.74. The van der Waals surface area contributed by atoms with Crippen LogP contribution in [0.15, 0.2) is 29.4 Å². The molecule has 0 bridgehead atoms. The van der Waals surface area contributed by atoms with Gasteiger partial charge in [-0.05, 0) is 51.0 Å². The molecule has 0 aliphatic carbocycles. The van der Waals surface area contributed by atoms with Crippen molar-refractivity contribution in [3.8, 4) is 5.75 Å². The van der Waals surface area contributed by atoms with Crippen molar-refractivity contribution in [2.45, 2.75) is 44.5 Å². The molecule has 1 atom stereocenters. The van der Waals surface area contributed by atoms with Gasteiger partial charge in [0.2, 0.25) is 5.91 Å². The number of methoxy groups -OCH3 is 1. The molecule has 0 spiro atoms. The van der Waals surface area contributed by atoms with E-state index in [9.17, 15) is 9.59 Å². The van der Waals surface area contributed by atoms with Crippen LogP contribution in [0, 0.1) is 13.8 Å². The van der Waals surface area contributed by atoms with Crippen LogP contribution in [-0.2, 0) is 16.1 Å². The van der Waals surface area contributed by atoms with Gasteiger partial charge >= 0.3 is 6.03 Å². The van der Waals surface area contributed by atoms with E-state index in [1.807, 2.05) is 13.8 Å². The number of nitrogens with one attached hydrogen (secondary N) is 2. The molecule has 2 heterocycles. The van der Waals surface area contributed by atoms with E-state index in [-0.39, 0.29) is 17.8 Å². The fraction of sp³-hybridized carbons (Fsp3) is 0.450. The first-order chi connectivity index (χ1) is 14.0. The Kier molecular flexibility index (Phi) is 7.16.